The molecule has 2 atom stereocenters. The van der Waals surface area contributed by atoms with Crippen LogP contribution in [0.1, 0.15) is 18.9 Å². The number of piperidine rings is 1. The van der Waals surface area contributed by atoms with E-state index in [1.807, 2.05) is 0 Å². The molecule has 15 heavy (non-hydrogen) atoms. The van der Waals surface area contributed by atoms with Crippen LogP contribution in [0.5, 0.6) is 0 Å². The smallest absolute Gasteiger partial charge is 0.0234 e. The summed E-state index contributed by atoms with van der Waals surface area (Å²) in [6.45, 7) is 5.55. The van der Waals surface area contributed by atoms with Crippen LogP contribution in [0.3, 0.4) is 0 Å². The maximum Gasteiger partial charge on any atom is 0.0234 e. The van der Waals surface area contributed by atoms with Crippen LogP contribution in [0.4, 0.5) is 0 Å². The molecule has 0 bridgehead atoms. The van der Waals surface area contributed by atoms with Gasteiger partial charge in [-0.1, -0.05) is 37.3 Å². The van der Waals surface area contributed by atoms with Crippen LogP contribution in [-0.2, 0) is 6.54 Å². The molecule has 2 rings (SSSR count). The van der Waals surface area contributed by atoms with E-state index < -0.39 is 0 Å². The van der Waals surface area contributed by atoms with E-state index in [0.717, 1.165) is 19.0 Å². The van der Waals surface area contributed by atoms with Crippen molar-refractivity contribution in [3.63, 3.8) is 0 Å². The highest BCUT2D eigenvalue weighted by molar-refractivity contribution is 5.14. The number of hydrogen-bond donors (Lipinski definition) is 1. The first-order valence-electron chi connectivity index (χ1n) is 5.76. The minimum absolute atomic E-state index is 0.359. The first-order valence-corrected chi connectivity index (χ1v) is 5.76. The Morgan fingerprint density at radius 2 is 2.00 bits per heavy atom. The average Bonchev–Trinajstić information content (AvgIpc) is 2.17. The molecule has 0 unspecified atom stereocenters. The van der Waals surface area contributed by atoms with E-state index in [2.05, 4.69) is 42.2 Å². The van der Waals surface area contributed by atoms with Crippen LogP contribution >= 0.6 is 0 Å². The second kappa shape index (κ2) is 4.77. The van der Waals surface area contributed by atoms with Crippen molar-refractivity contribution >= 4 is 0 Å². The summed E-state index contributed by atoms with van der Waals surface area (Å²) in [7, 11) is 0. The summed E-state index contributed by atoms with van der Waals surface area (Å²) in [6.07, 6.45) is 1.17. The van der Waals surface area contributed by atoms with Gasteiger partial charge < -0.3 is 5.73 Å². The Balaban J connectivity index is 1.94. The Hall–Kier alpha value is -0.860. The van der Waals surface area contributed by atoms with Crippen molar-refractivity contribution in [3.8, 4) is 0 Å². The van der Waals surface area contributed by atoms with E-state index in [1.54, 1.807) is 0 Å². The van der Waals surface area contributed by atoms with Crippen molar-refractivity contribution in [3.05, 3.63) is 35.9 Å². The predicted octanol–water partition coefficient (Wildman–Crippen LogP) is 1.86. The third-order valence-corrected chi connectivity index (χ3v) is 3.02. The molecule has 0 aliphatic carbocycles. The highest BCUT2D eigenvalue weighted by Crippen LogP contribution is 2.17. The summed E-state index contributed by atoms with van der Waals surface area (Å²) in [5, 5.41) is 0. The Bertz CT molecular complexity index is 287. The van der Waals surface area contributed by atoms with E-state index >= 15 is 0 Å². The SMILES string of the molecule is C[C@H]1C[C@H](N)CN(Cc2ccccc2)C1. The van der Waals surface area contributed by atoms with Gasteiger partial charge in [-0.05, 0) is 17.9 Å². The van der Waals surface area contributed by atoms with Crippen molar-refractivity contribution in [2.24, 2.45) is 11.7 Å². The van der Waals surface area contributed by atoms with Gasteiger partial charge in [0, 0.05) is 25.7 Å². The van der Waals surface area contributed by atoms with Crippen molar-refractivity contribution in [2.45, 2.75) is 25.9 Å². The molecule has 1 saturated heterocycles. The lowest BCUT2D eigenvalue weighted by Crippen LogP contribution is -2.45. The van der Waals surface area contributed by atoms with Gasteiger partial charge in [0.1, 0.15) is 0 Å². The largest absolute Gasteiger partial charge is 0.327 e. The highest BCUT2D eigenvalue weighted by atomic mass is 15.1. The van der Waals surface area contributed by atoms with E-state index in [1.165, 1.54) is 18.5 Å². The van der Waals surface area contributed by atoms with E-state index in [-0.39, 0.29) is 0 Å². The summed E-state index contributed by atoms with van der Waals surface area (Å²) >= 11 is 0. The van der Waals surface area contributed by atoms with Gasteiger partial charge in [0.05, 0.1) is 0 Å². The lowest BCUT2D eigenvalue weighted by atomic mass is 9.96. The Labute approximate surface area is 92.1 Å². The van der Waals surface area contributed by atoms with Crippen molar-refractivity contribution in [1.29, 1.82) is 0 Å². The van der Waals surface area contributed by atoms with Gasteiger partial charge in [-0.3, -0.25) is 4.90 Å². The molecule has 1 fully saturated rings. The molecular formula is C13H20N2. The minimum atomic E-state index is 0.359. The molecule has 0 spiro atoms. The van der Waals surface area contributed by atoms with Crippen LogP contribution in [0.2, 0.25) is 0 Å². The number of nitrogens with zero attached hydrogens (tertiary/aromatic N) is 1. The molecule has 2 heteroatoms. The van der Waals surface area contributed by atoms with E-state index in [9.17, 15) is 0 Å². The second-order valence-electron chi connectivity index (χ2n) is 4.78. The molecular weight excluding hydrogens is 184 g/mol. The molecule has 1 aromatic rings. The fourth-order valence-corrected chi connectivity index (χ4v) is 2.48. The molecule has 0 aromatic heterocycles. The molecule has 0 amide bonds. The zero-order chi connectivity index (χ0) is 10.7. The zero-order valence-electron chi connectivity index (χ0n) is 9.39. The third-order valence-electron chi connectivity index (χ3n) is 3.02. The quantitative estimate of drug-likeness (QED) is 0.796. The van der Waals surface area contributed by atoms with Crippen LogP contribution in [0.25, 0.3) is 0 Å². The van der Waals surface area contributed by atoms with E-state index in [4.69, 9.17) is 5.73 Å². The molecule has 1 heterocycles. The number of likely N-dealkylation sites (tertiary alicyclic amines) is 1. The van der Waals surface area contributed by atoms with Gasteiger partial charge in [-0.25, -0.2) is 0 Å². The van der Waals surface area contributed by atoms with Crippen molar-refractivity contribution in [2.75, 3.05) is 13.1 Å². The van der Waals surface area contributed by atoms with Gasteiger partial charge in [0.2, 0.25) is 0 Å². The molecule has 2 nitrogen and oxygen atoms in total. The Kier molecular flexibility index (Phi) is 3.39. The Morgan fingerprint density at radius 1 is 1.27 bits per heavy atom. The standard InChI is InChI=1S/C13H20N2/c1-11-7-13(14)10-15(8-11)9-12-5-3-2-4-6-12/h2-6,11,13H,7-10,14H2,1H3/t11-,13-/m0/s1. The fraction of sp³-hybridized carbons (Fsp3) is 0.538. The lowest BCUT2D eigenvalue weighted by Gasteiger charge is -2.34. The summed E-state index contributed by atoms with van der Waals surface area (Å²) in [5.41, 5.74) is 7.42. The minimum Gasteiger partial charge on any atom is -0.327 e. The zero-order valence-corrected chi connectivity index (χ0v) is 9.39. The predicted molar refractivity (Wildman–Crippen MR) is 63.5 cm³/mol. The molecule has 82 valence electrons. The van der Waals surface area contributed by atoms with Crippen LogP contribution in [0.15, 0.2) is 30.3 Å². The number of hydrogen-bond acceptors (Lipinski definition) is 2. The second-order valence-corrected chi connectivity index (χ2v) is 4.78. The average molecular weight is 204 g/mol. The number of nitrogens with two attached hydrogens (primary N) is 1. The number of benzene rings is 1. The van der Waals surface area contributed by atoms with Gasteiger partial charge in [-0.2, -0.15) is 0 Å². The molecule has 1 aromatic carbocycles. The highest BCUT2D eigenvalue weighted by Gasteiger charge is 2.21. The summed E-state index contributed by atoms with van der Waals surface area (Å²) in [4.78, 5) is 2.47. The maximum absolute atomic E-state index is 6.03. The van der Waals surface area contributed by atoms with Gasteiger partial charge in [0.15, 0.2) is 0 Å². The normalized spacial score (nSPS) is 27.9. The number of rotatable bonds is 2. The lowest BCUT2D eigenvalue weighted by molar-refractivity contribution is 0.158. The topological polar surface area (TPSA) is 29.3 Å². The van der Waals surface area contributed by atoms with E-state index in [0.29, 0.717) is 6.04 Å². The summed E-state index contributed by atoms with van der Waals surface area (Å²) in [6, 6.07) is 11.0. The monoisotopic (exact) mass is 204 g/mol. The van der Waals surface area contributed by atoms with Gasteiger partial charge in [-0.15, -0.1) is 0 Å². The fourth-order valence-electron chi connectivity index (χ4n) is 2.48. The third kappa shape index (κ3) is 3.05. The first kappa shape index (κ1) is 10.7. The molecule has 0 radical (unpaired) electrons. The first-order chi connectivity index (χ1) is 7.24. The van der Waals surface area contributed by atoms with Crippen LogP contribution in [0, 0.1) is 5.92 Å². The molecule has 0 saturated carbocycles. The maximum atomic E-state index is 6.03. The Morgan fingerprint density at radius 3 is 2.67 bits per heavy atom. The van der Waals surface area contributed by atoms with Gasteiger partial charge in [0.25, 0.3) is 0 Å². The van der Waals surface area contributed by atoms with Gasteiger partial charge >= 0.3 is 0 Å². The molecule has 2 N–H and O–H groups in total. The van der Waals surface area contributed by atoms with Crippen molar-refractivity contribution in [1.82, 2.24) is 4.90 Å². The summed E-state index contributed by atoms with van der Waals surface area (Å²) < 4.78 is 0. The van der Waals surface area contributed by atoms with Crippen molar-refractivity contribution < 1.29 is 0 Å². The van der Waals surface area contributed by atoms with Crippen LogP contribution in [-0.4, -0.2) is 24.0 Å². The van der Waals surface area contributed by atoms with Crippen LogP contribution < -0.4 is 5.73 Å². The summed E-state index contributed by atoms with van der Waals surface area (Å²) in [5.74, 6) is 0.734. The molecule has 1 aliphatic heterocycles. The molecule has 1 aliphatic rings.